The topological polar surface area (TPSA) is 34.1 Å². The van der Waals surface area contributed by atoms with E-state index in [4.69, 9.17) is 4.74 Å². The molecule has 1 heterocycles. The predicted octanol–water partition coefficient (Wildman–Crippen LogP) is 2.14. The van der Waals surface area contributed by atoms with Crippen LogP contribution in [0.3, 0.4) is 0 Å². The van der Waals surface area contributed by atoms with Gasteiger partial charge in [0.25, 0.3) is 0 Å². The monoisotopic (exact) mass is 214 g/mol. The zero-order chi connectivity index (χ0) is 10.4. The number of aromatic nitrogens is 1. The predicted molar refractivity (Wildman–Crippen MR) is 59.8 cm³/mol. The van der Waals surface area contributed by atoms with Gasteiger partial charge in [-0.25, -0.2) is 4.98 Å². The van der Waals surface area contributed by atoms with Crippen molar-refractivity contribution < 1.29 is 4.74 Å². The van der Waals surface area contributed by atoms with Crippen LogP contribution in [-0.4, -0.2) is 24.7 Å². The zero-order valence-electron chi connectivity index (χ0n) is 9.04. The van der Waals surface area contributed by atoms with Crippen molar-refractivity contribution in [2.75, 3.05) is 19.8 Å². The first-order valence-electron chi connectivity index (χ1n) is 5.00. The summed E-state index contributed by atoms with van der Waals surface area (Å²) in [5.41, 5.74) is 3.00. The van der Waals surface area contributed by atoms with Gasteiger partial charge in [0.2, 0.25) is 0 Å². The number of hydrogen-bond donors (Lipinski definition) is 1. The van der Waals surface area contributed by atoms with Crippen LogP contribution in [0.15, 0.2) is 5.51 Å². The van der Waals surface area contributed by atoms with E-state index in [1.54, 1.807) is 11.3 Å². The minimum atomic E-state index is 0.299. The minimum absolute atomic E-state index is 0.299. The second-order valence-electron chi connectivity index (χ2n) is 3.07. The third-order valence-corrected chi connectivity index (χ3v) is 3.08. The Bertz CT molecular complexity index is 262. The lowest BCUT2D eigenvalue weighted by Crippen LogP contribution is -2.25. The third-order valence-electron chi connectivity index (χ3n) is 2.04. The first-order chi connectivity index (χ1) is 6.79. The zero-order valence-corrected chi connectivity index (χ0v) is 9.86. The molecule has 1 rings (SSSR count). The number of rotatable bonds is 6. The van der Waals surface area contributed by atoms with Gasteiger partial charge < -0.3 is 10.1 Å². The van der Waals surface area contributed by atoms with Crippen molar-refractivity contribution in [3.63, 3.8) is 0 Å². The molecule has 0 spiro atoms. The molecule has 0 aliphatic heterocycles. The molecule has 0 radical (unpaired) electrons. The molecule has 14 heavy (non-hydrogen) atoms. The van der Waals surface area contributed by atoms with Crippen molar-refractivity contribution in [1.29, 1.82) is 0 Å². The van der Waals surface area contributed by atoms with Gasteiger partial charge in [-0.2, -0.15) is 0 Å². The normalized spacial score (nSPS) is 13.1. The summed E-state index contributed by atoms with van der Waals surface area (Å²) in [5, 5.41) is 3.41. The molecule has 0 aliphatic carbocycles. The molecule has 0 fully saturated rings. The minimum Gasteiger partial charge on any atom is -0.380 e. The molecule has 1 aromatic heterocycles. The van der Waals surface area contributed by atoms with Gasteiger partial charge in [0, 0.05) is 11.5 Å². The quantitative estimate of drug-likeness (QED) is 0.788. The van der Waals surface area contributed by atoms with Gasteiger partial charge in [0.05, 0.1) is 23.9 Å². The van der Waals surface area contributed by atoms with Crippen LogP contribution in [0.25, 0.3) is 0 Å². The highest BCUT2D eigenvalue weighted by molar-refractivity contribution is 7.09. The Hall–Kier alpha value is -0.450. The van der Waals surface area contributed by atoms with Crippen molar-refractivity contribution in [3.8, 4) is 0 Å². The highest BCUT2D eigenvalue weighted by atomic mass is 32.1. The molecule has 0 bridgehead atoms. The SMILES string of the molecule is CCNC(COCC)c1scnc1C. The Labute approximate surface area is 89.5 Å². The number of hydrogen-bond acceptors (Lipinski definition) is 4. The van der Waals surface area contributed by atoms with E-state index in [0.29, 0.717) is 6.04 Å². The maximum absolute atomic E-state index is 5.44. The Balaban J connectivity index is 2.62. The Morgan fingerprint density at radius 3 is 2.86 bits per heavy atom. The lowest BCUT2D eigenvalue weighted by atomic mass is 10.2. The Kier molecular flexibility index (Phi) is 5.07. The summed E-state index contributed by atoms with van der Waals surface area (Å²) in [4.78, 5) is 5.54. The van der Waals surface area contributed by atoms with E-state index >= 15 is 0 Å². The molecule has 0 saturated carbocycles. The maximum atomic E-state index is 5.44. The van der Waals surface area contributed by atoms with Gasteiger partial charge in [-0.1, -0.05) is 6.92 Å². The van der Waals surface area contributed by atoms with E-state index in [-0.39, 0.29) is 0 Å². The first-order valence-corrected chi connectivity index (χ1v) is 5.88. The van der Waals surface area contributed by atoms with Crippen LogP contribution in [0.2, 0.25) is 0 Å². The van der Waals surface area contributed by atoms with Crippen molar-refractivity contribution in [3.05, 3.63) is 16.1 Å². The molecule has 80 valence electrons. The summed E-state index contributed by atoms with van der Waals surface area (Å²) in [6, 6.07) is 0.299. The molecule has 1 aromatic rings. The van der Waals surface area contributed by atoms with Crippen molar-refractivity contribution in [1.82, 2.24) is 10.3 Å². The molecule has 3 nitrogen and oxygen atoms in total. The van der Waals surface area contributed by atoms with Gasteiger partial charge in [-0.3, -0.25) is 0 Å². The highest BCUT2D eigenvalue weighted by Gasteiger charge is 2.14. The van der Waals surface area contributed by atoms with Crippen molar-refractivity contribution in [2.24, 2.45) is 0 Å². The fraction of sp³-hybridized carbons (Fsp3) is 0.700. The molecule has 1 unspecified atom stereocenters. The smallest absolute Gasteiger partial charge is 0.0798 e. The average Bonchev–Trinajstić information content (AvgIpc) is 2.59. The maximum Gasteiger partial charge on any atom is 0.0798 e. The standard InChI is InChI=1S/C10H18N2OS/c1-4-11-9(6-13-5-2)10-8(3)12-7-14-10/h7,9,11H,4-6H2,1-3H3. The number of nitrogens with one attached hydrogen (secondary N) is 1. The summed E-state index contributed by atoms with van der Waals surface area (Å²) in [6.45, 7) is 8.61. The summed E-state index contributed by atoms with van der Waals surface area (Å²) < 4.78 is 5.44. The van der Waals surface area contributed by atoms with E-state index in [9.17, 15) is 0 Å². The first kappa shape index (κ1) is 11.6. The molecular weight excluding hydrogens is 196 g/mol. The lowest BCUT2D eigenvalue weighted by molar-refractivity contribution is 0.124. The second-order valence-corrected chi connectivity index (χ2v) is 3.96. The van der Waals surface area contributed by atoms with Gasteiger partial charge in [0.1, 0.15) is 0 Å². The number of aryl methyl sites for hydroxylation is 1. The summed E-state index contributed by atoms with van der Waals surface area (Å²) in [6.07, 6.45) is 0. The van der Waals surface area contributed by atoms with Gasteiger partial charge >= 0.3 is 0 Å². The molecule has 0 saturated heterocycles. The third kappa shape index (κ3) is 3.04. The lowest BCUT2D eigenvalue weighted by Gasteiger charge is -2.16. The molecule has 1 N–H and O–H groups in total. The van der Waals surface area contributed by atoms with E-state index in [0.717, 1.165) is 25.5 Å². The van der Waals surface area contributed by atoms with E-state index < -0.39 is 0 Å². The molecule has 0 amide bonds. The second kappa shape index (κ2) is 6.11. The Morgan fingerprint density at radius 1 is 1.57 bits per heavy atom. The van der Waals surface area contributed by atoms with Crippen molar-refractivity contribution in [2.45, 2.75) is 26.8 Å². The van der Waals surface area contributed by atoms with E-state index in [2.05, 4.69) is 17.2 Å². The van der Waals surface area contributed by atoms with E-state index in [1.165, 1.54) is 4.88 Å². The fourth-order valence-corrected chi connectivity index (χ4v) is 2.22. The van der Waals surface area contributed by atoms with E-state index in [1.807, 2.05) is 19.4 Å². The molecule has 0 aliphatic rings. The highest BCUT2D eigenvalue weighted by Crippen LogP contribution is 2.21. The van der Waals surface area contributed by atoms with Gasteiger partial charge in [-0.05, 0) is 20.4 Å². The number of thiazole rings is 1. The van der Waals surface area contributed by atoms with Gasteiger partial charge in [0.15, 0.2) is 0 Å². The molecule has 1 atom stereocenters. The number of ether oxygens (including phenoxy) is 1. The molecule has 4 heteroatoms. The van der Waals surface area contributed by atoms with Crippen LogP contribution in [-0.2, 0) is 4.74 Å². The van der Waals surface area contributed by atoms with Crippen LogP contribution in [0, 0.1) is 6.92 Å². The number of nitrogens with zero attached hydrogens (tertiary/aromatic N) is 1. The van der Waals surface area contributed by atoms with Crippen LogP contribution in [0.5, 0.6) is 0 Å². The summed E-state index contributed by atoms with van der Waals surface area (Å²) in [5.74, 6) is 0. The van der Waals surface area contributed by atoms with Crippen LogP contribution in [0.4, 0.5) is 0 Å². The Morgan fingerprint density at radius 2 is 2.36 bits per heavy atom. The van der Waals surface area contributed by atoms with Crippen LogP contribution in [0.1, 0.15) is 30.5 Å². The largest absolute Gasteiger partial charge is 0.380 e. The van der Waals surface area contributed by atoms with Crippen molar-refractivity contribution >= 4 is 11.3 Å². The van der Waals surface area contributed by atoms with Gasteiger partial charge in [-0.15, -0.1) is 11.3 Å². The van der Waals surface area contributed by atoms with Crippen LogP contribution >= 0.6 is 11.3 Å². The average molecular weight is 214 g/mol. The summed E-state index contributed by atoms with van der Waals surface area (Å²) in [7, 11) is 0. The summed E-state index contributed by atoms with van der Waals surface area (Å²) >= 11 is 1.69. The molecular formula is C10H18N2OS. The fourth-order valence-electron chi connectivity index (χ4n) is 1.35. The van der Waals surface area contributed by atoms with Crippen LogP contribution < -0.4 is 5.32 Å². The molecule has 0 aromatic carbocycles. The number of likely N-dealkylation sites (N-methyl/N-ethyl adjacent to an activating group) is 1.